The lowest BCUT2D eigenvalue weighted by Crippen LogP contribution is -2.64. The second-order valence-electron chi connectivity index (χ2n) is 10.4. The molecule has 0 aliphatic carbocycles. The van der Waals surface area contributed by atoms with E-state index in [0.717, 1.165) is 31.9 Å². The smallest absolute Gasteiger partial charge is 0.305 e. The molecule has 3 atom stereocenters. The van der Waals surface area contributed by atoms with Gasteiger partial charge in [0, 0.05) is 20.5 Å². The van der Waals surface area contributed by atoms with Crippen LogP contribution in [0.5, 0.6) is 0 Å². The van der Waals surface area contributed by atoms with Crippen LogP contribution in [0.1, 0.15) is 37.8 Å². The first-order chi connectivity index (χ1) is 20.6. The molecule has 1 saturated heterocycles. The fraction of sp³-hybridized carbons (Fsp3) is 0.517. The third-order valence-electron chi connectivity index (χ3n) is 6.69. The van der Waals surface area contributed by atoms with Gasteiger partial charge in [0.25, 0.3) is 20.2 Å². The highest BCUT2D eigenvalue weighted by atomic mass is 32.2. The molecule has 244 valence electrons. The molecule has 1 heterocycles. The number of benzene rings is 2. The average molecular weight is 659 g/mol. The molecule has 1 unspecified atom stereocenters. The van der Waals surface area contributed by atoms with Crippen molar-refractivity contribution in [1.29, 1.82) is 0 Å². The van der Waals surface area contributed by atoms with Crippen LogP contribution in [-0.2, 0) is 75.1 Å². The first kappa shape index (κ1) is 35.6. The average Bonchev–Trinajstić information content (AvgIpc) is 3.17. The highest BCUT2D eigenvalue weighted by Gasteiger charge is 2.70. The number of carbonyl (C=O) groups excluding carboxylic acids is 2. The Morgan fingerprint density at radius 3 is 1.75 bits per heavy atom. The highest BCUT2D eigenvalue weighted by molar-refractivity contribution is 7.86. The number of esters is 2. The van der Waals surface area contributed by atoms with E-state index in [4.69, 9.17) is 32.1 Å². The maximum atomic E-state index is 12.4. The van der Waals surface area contributed by atoms with Crippen molar-refractivity contribution in [3.8, 4) is 0 Å². The topological polar surface area (TPSA) is 167 Å². The van der Waals surface area contributed by atoms with Gasteiger partial charge < -0.3 is 23.7 Å². The van der Waals surface area contributed by atoms with E-state index in [9.17, 15) is 26.4 Å². The first-order valence-corrected chi connectivity index (χ1v) is 17.3. The van der Waals surface area contributed by atoms with Crippen molar-refractivity contribution in [1.82, 2.24) is 0 Å². The molecule has 13 nitrogen and oxygen atoms in total. The lowest BCUT2D eigenvalue weighted by molar-refractivity contribution is -0.223. The Balaban J connectivity index is 2.11. The summed E-state index contributed by atoms with van der Waals surface area (Å²) < 4.78 is 88.7. The van der Waals surface area contributed by atoms with Gasteiger partial charge in [-0.1, -0.05) is 60.7 Å². The van der Waals surface area contributed by atoms with E-state index < -0.39 is 69.0 Å². The molecule has 0 spiro atoms. The van der Waals surface area contributed by atoms with Gasteiger partial charge in [-0.25, -0.2) is 0 Å². The summed E-state index contributed by atoms with van der Waals surface area (Å²) >= 11 is 0. The highest BCUT2D eigenvalue weighted by Crippen LogP contribution is 2.49. The van der Waals surface area contributed by atoms with Crippen LogP contribution >= 0.6 is 0 Å². The van der Waals surface area contributed by atoms with Crippen molar-refractivity contribution in [2.75, 3.05) is 32.3 Å². The third-order valence-corrected chi connectivity index (χ3v) is 7.79. The third kappa shape index (κ3) is 10.3. The zero-order valence-corrected chi connectivity index (χ0v) is 26.6. The molecule has 1 aliphatic rings. The van der Waals surface area contributed by atoms with Crippen molar-refractivity contribution in [3.05, 3.63) is 71.8 Å². The SMILES string of the molecule is CC(=O)OC1OC(COS(C)(=O)=O)(COS(C)(=O)=O)[C@@](CCCOCc2ccccc2)(OCc2ccccc2)[C@H]1OC(C)=O. The largest absolute Gasteiger partial charge is 0.453 e. The summed E-state index contributed by atoms with van der Waals surface area (Å²) in [6, 6.07) is 18.3. The minimum absolute atomic E-state index is 0.0649. The van der Waals surface area contributed by atoms with E-state index in [1.165, 1.54) is 0 Å². The van der Waals surface area contributed by atoms with Gasteiger partial charge in [-0.15, -0.1) is 0 Å². The van der Waals surface area contributed by atoms with E-state index in [0.29, 0.717) is 5.56 Å². The predicted molar refractivity (Wildman–Crippen MR) is 156 cm³/mol. The van der Waals surface area contributed by atoms with Crippen LogP contribution in [0.2, 0.25) is 0 Å². The number of hydrogen-bond acceptors (Lipinski definition) is 13. The summed E-state index contributed by atoms with van der Waals surface area (Å²) in [7, 11) is -8.28. The van der Waals surface area contributed by atoms with Gasteiger partial charge in [-0.3, -0.25) is 18.0 Å². The van der Waals surface area contributed by atoms with Crippen molar-refractivity contribution in [2.45, 2.75) is 63.5 Å². The van der Waals surface area contributed by atoms with Gasteiger partial charge in [-0.05, 0) is 24.0 Å². The molecule has 15 heteroatoms. The molecule has 3 rings (SSSR count). The molecule has 2 aromatic carbocycles. The molecule has 1 aliphatic heterocycles. The van der Waals surface area contributed by atoms with E-state index in [2.05, 4.69) is 0 Å². The Kier molecular flexibility index (Phi) is 12.4. The monoisotopic (exact) mass is 658 g/mol. The molecule has 1 fully saturated rings. The summed E-state index contributed by atoms with van der Waals surface area (Å²) in [5.74, 6) is -1.62. The summed E-state index contributed by atoms with van der Waals surface area (Å²) in [5, 5.41) is 0. The van der Waals surface area contributed by atoms with Gasteiger partial charge in [0.05, 0.1) is 25.7 Å². The Labute approximate surface area is 257 Å². The minimum atomic E-state index is -4.14. The van der Waals surface area contributed by atoms with E-state index >= 15 is 0 Å². The Morgan fingerprint density at radius 1 is 0.773 bits per heavy atom. The van der Waals surface area contributed by atoms with Crippen molar-refractivity contribution in [2.24, 2.45) is 0 Å². The number of rotatable bonds is 17. The number of carbonyl (C=O) groups is 2. The molecule has 0 N–H and O–H groups in total. The minimum Gasteiger partial charge on any atom is -0.453 e. The zero-order chi connectivity index (χ0) is 32.4. The second kappa shape index (κ2) is 15.4. The molecule has 0 radical (unpaired) electrons. The standard InChI is InChI=1S/C29H38O13S2/c1-22(30)40-26-27(41-23(2)31)42-28(20-38-43(3,32)33,21-39-44(4,34)35)29(26,37-19-25-14-9-6-10-15-25)16-11-17-36-18-24-12-7-5-8-13-24/h5-10,12-15,26-27H,11,16-21H2,1-4H3/t26-,27?,29-/m0/s1. The molecule has 0 aromatic heterocycles. The molecule has 0 amide bonds. The van der Waals surface area contributed by atoms with Crippen LogP contribution in [0.4, 0.5) is 0 Å². The Morgan fingerprint density at radius 2 is 1.27 bits per heavy atom. The quantitative estimate of drug-likeness (QED) is 0.138. The van der Waals surface area contributed by atoms with Gasteiger partial charge in [0.15, 0.2) is 11.7 Å². The van der Waals surface area contributed by atoms with Crippen molar-refractivity contribution < 1.29 is 58.5 Å². The van der Waals surface area contributed by atoms with Crippen LogP contribution in [0, 0.1) is 0 Å². The lowest BCUT2D eigenvalue weighted by Gasteiger charge is -2.44. The molecule has 0 bridgehead atoms. The maximum Gasteiger partial charge on any atom is 0.305 e. The summed E-state index contributed by atoms with van der Waals surface area (Å²) in [6.45, 7) is 0.866. The first-order valence-electron chi connectivity index (χ1n) is 13.7. The van der Waals surface area contributed by atoms with Crippen molar-refractivity contribution >= 4 is 32.2 Å². The van der Waals surface area contributed by atoms with E-state index in [1.807, 2.05) is 30.3 Å². The maximum absolute atomic E-state index is 12.4. The molecule has 2 aromatic rings. The van der Waals surface area contributed by atoms with Gasteiger partial charge >= 0.3 is 11.9 Å². The summed E-state index contributed by atoms with van der Waals surface area (Å²) in [4.78, 5) is 24.6. The Bertz CT molecular complexity index is 1410. The predicted octanol–water partition coefficient (Wildman–Crippen LogP) is 2.48. The normalized spacial score (nSPS) is 21.5. The molecule has 44 heavy (non-hydrogen) atoms. The lowest BCUT2D eigenvalue weighted by atomic mass is 9.77. The van der Waals surface area contributed by atoms with Crippen LogP contribution in [0.25, 0.3) is 0 Å². The summed E-state index contributed by atoms with van der Waals surface area (Å²) in [5.41, 5.74) is -2.39. The molecule has 0 saturated carbocycles. The fourth-order valence-electron chi connectivity index (χ4n) is 4.84. The van der Waals surface area contributed by atoms with Gasteiger partial charge in [0.1, 0.15) is 18.8 Å². The summed E-state index contributed by atoms with van der Waals surface area (Å²) in [6.07, 6.45) is -1.41. The molecular weight excluding hydrogens is 620 g/mol. The number of hydrogen-bond donors (Lipinski definition) is 0. The van der Waals surface area contributed by atoms with E-state index in [-0.39, 0.29) is 32.7 Å². The molecular formula is C29H38O13S2. The van der Waals surface area contributed by atoms with Crippen LogP contribution in [-0.4, -0.2) is 84.7 Å². The second-order valence-corrected chi connectivity index (χ2v) is 13.6. The number of ether oxygens (including phenoxy) is 5. The zero-order valence-electron chi connectivity index (χ0n) is 25.0. The fourth-order valence-corrected chi connectivity index (χ4v) is 5.65. The van der Waals surface area contributed by atoms with Crippen molar-refractivity contribution in [3.63, 3.8) is 0 Å². The van der Waals surface area contributed by atoms with Gasteiger partial charge in [-0.2, -0.15) is 16.8 Å². The van der Waals surface area contributed by atoms with Gasteiger partial charge in [0.2, 0.25) is 6.29 Å². The van der Waals surface area contributed by atoms with Crippen LogP contribution in [0.15, 0.2) is 60.7 Å². The Hall–Kier alpha value is -2.92. The van der Waals surface area contributed by atoms with E-state index in [1.54, 1.807) is 30.3 Å². The van der Waals surface area contributed by atoms with Crippen LogP contribution < -0.4 is 0 Å². The van der Waals surface area contributed by atoms with Crippen LogP contribution in [0.3, 0.4) is 0 Å².